The molecule has 0 aromatic carbocycles. The molecule has 0 fully saturated rings. The van der Waals surface area contributed by atoms with Gasteiger partial charge in [0.15, 0.2) is 0 Å². The number of rotatable bonds is 16. The first-order chi connectivity index (χ1) is 17.8. The lowest BCUT2D eigenvalue weighted by Crippen LogP contribution is -2.37. The molecular formula is C25H38N6O6. The van der Waals surface area contributed by atoms with E-state index in [0.717, 1.165) is 26.2 Å². The van der Waals surface area contributed by atoms with E-state index in [0.29, 0.717) is 31.7 Å². The lowest BCUT2D eigenvalue weighted by atomic mass is 9.97. The van der Waals surface area contributed by atoms with Gasteiger partial charge >= 0.3 is 0 Å². The second-order valence-corrected chi connectivity index (χ2v) is 9.01. The van der Waals surface area contributed by atoms with Crippen LogP contribution in [0.5, 0.6) is 0 Å². The lowest BCUT2D eigenvalue weighted by Gasteiger charge is -2.28. The molecule has 12 nitrogen and oxygen atoms in total. The third kappa shape index (κ3) is 7.45. The van der Waals surface area contributed by atoms with Gasteiger partial charge in [-0.3, -0.25) is 19.2 Å². The topological polar surface area (TPSA) is 142 Å². The fourth-order valence-corrected chi connectivity index (χ4v) is 4.83. The molecule has 12 heteroatoms. The molecule has 0 spiro atoms. The predicted octanol–water partition coefficient (Wildman–Crippen LogP) is 2.33. The number of fused-ring (bicyclic) bond motifs is 1. The second-order valence-electron chi connectivity index (χ2n) is 9.01. The van der Waals surface area contributed by atoms with Crippen LogP contribution >= 0.6 is 0 Å². The SMILES string of the molecule is CCN(CC)CCN1C(=O)c2c(cn(CCN(CC)CC)c(=O)c2CCC(=O)N=O)[C@@H]1CCC(=O)N=O. The highest BCUT2D eigenvalue weighted by Crippen LogP contribution is 2.38. The summed E-state index contributed by atoms with van der Waals surface area (Å²) in [6, 6.07) is -0.525. The van der Waals surface area contributed by atoms with Crippen molar-refractivity contribution in [1.29, 1.82) is 0 Å². The number of nitroso groups, excluding NO2 is 2. The molecule has 3 amide bonds. The summed E-state index contributed by atoms with van der Waals surface area (Å²) >= 11 is 0. The number of pyridine rings is 1. The summed E-state index contributed by atoms with van der Waals surface area (Å²) in [6.45, 7) is 13.3. The lowest BCUT2D eigenvalue weighted by molar-refractivity contribution is -0.118. The van der Waals surface area contributed by atoms with Gasteiger partial charge in [0.1, 0.15) is 0 Å². The summed E-state index contributed by atoms with van der Waals surface area (Å²) < 4.78 is 1.54. The number of nitrogens with zero attached hydrogens (tertiary/aromatic N) is 6. The van der Waals surface area contributed by atoms with E-state index in [1.807, 2.05) is 27.7 Å². The van der Waals surface area contributed by atoms with Gasteiger partial charge in [-0.15, -0.1) is 9.81 Å². The zero-order valence-corrected chi connectivity index (χ0v) is 22.3. The number of hydrogen-bond donors (Lipinski definition) is 0. The maximum absolute atomic E-state index is 13.7. The van der Waals surface area contributed by atoms with E-state index in [9.17, 15) is 29.0 Å². The largest absolute Gasteiger partial charge is 0.330 e. The van der Waals surface area contributed by atoms with E-state index in [4.69, 9.17) is 0 Å². The molecule has 0 radical (unpaired) electrons. The number of aromatic nitrogens is 1. The van der Waals surface area contributed by atoms with Crippen LogP contribution in [0.2, 0.25) is 0 Å². The zero-order valence-electron chi connectivity index (χ0n) is 22.3. The molecule has 204 valence electrons. The van der Waals surface area contributed by atoms with Crippen molar-refractivity contribution in [3.05, 3.63) is 43.1 Å². The van der Waals surface area contributed by atoms with Gasteiger partial charge in [0.05, 0.1) is 11.6 Å². The molecule has 0 saturated carbocycles. The van der Waals surface area contributed by atoms with Crippen LogP contribution in [0.4, 0.5) is 0 Å². The molecule has 37 heavy (non-hydrogen) atoms. The van der Waals surface area contributed by atoms with E-state index >= 15 is 0 Å². The van der Waals surface area contributed by atoms with Crippen molar-refractivity contribution in [2.75, 3.05) is 45.8 Å². The average Bonchev–Trinajstić information content (AvgIpc) is 3.17. The average molecular weight is 519 g/mol. The van der Waals surface area contributed by atoms with Crippen LogP contribution in [0.1, 0.15) is 74.5 Å². The van der Waals surface area contributed by atoms with Gasteiger partial charge in [-0.1, -0.05) is 27.7 Å². The van der Waals surface area contributed by atoms with Crippen molar-refractivity contribution in [3.8, 4) is 0 Å². The highest BCUT2D eigenvalue weighted by Gasteiger charge is 2.40. The van der Waals surface area contributed by atoms with Crippen molar-refractivity contribution in [1.82, 2.24) is 19.3 Å². The van der Waals surface area contributed by atoms with E-state index in [-0.39, 0.29) is 48.3 Å². The first kappa shape index (κ1) is 30.1. The van der Waals surface area contributed by atoms with E-state index in [1.165, 1.54) is 0 Å². The van der Waals surface area contributed by atoms with Gasteiger partial charge in [-0.25, -0.2) is 0 Å². The molecule has 0 aliphatic carbocycles. The van der Waals surface area contributed by atoms with Crippen molar-refractivity contribution in [2.45, 2.75) is 66.0 Å². The van der Waals surface area contributed by atoms with Crippen LogP contribution in [-0.4, -0.2) is 82.8 Å². The van der Waals surface area contributed by atoms with Crippen molar-refractivity contribution < 1.29 is 14.4 Å². The van der Waals surface area contributed by atoms with Crippen molar-refractivity contribution in [3.63, 3.8) is 0 Å². The molecule has 1 aliphatic rings. The van der Waals surface area contributed by atoms with E-state index in [1.54, 1.807) is 15.7 Å². The minimum atomic E-state index is -0.894. The predicted molar refractivity (Wildman–Crippen MR) is 139 cm³/mol. The Hall–Kier alpha value is -3.12. The maximum atomic E-state index is 13.7. The highest BCUT2D eigenvalue weighted by atomic mass is 16.3. The molecule has 2 rings (SSSR count). The summed E-state index contributed by atoms with van der Waals surface area (Å²) in [5.74, 6) is -2.05. The van der Waals surface area contributed by atoms with Crippen molar-refractivity contribution in [2.24, 2.45) is 10.4 Å². The first-order valence-electron chi connectivity index (χ1n) is 13.0. The fourth-order valence-electron chi connectivity index (χ4n) is 4.83. The Kier molecular flexibility index (Phi) is 11.9. The third-order valence-corrected chi connectivity index (χ3v) is 7.14. The van der Waals surface area contributed by atoms with Crippen LogP contribution in [0.15, 0.2) is 21.3 Å². The standard InChI is InChI=1S/C25H38N6O6/c1-5-28(6-2)13-15-30-17-19-20(10-12-22(33)27-37)31(16-14-29(7-3)8-4)25(35)23(19)18(24(30)34)9-11-21(32)26-36/h17,20H,5-16H2,1-4H3/t20-/m0/s1. The number of likely N-dealkylation sites (N-methyl/N-ethyl adjacent to an activating group) is 2. The number of carbonyl (C=O) groups excluding carboxylic acids is 3. The Morgan fingerprint density at radius 1 is 0.865 bits per heavy atom. The summed E-state index contributed by atoms with van der Waals surface area (Å²) in [7, 11) is 0. The summed E-state index contributed by atoms with van der Waals surface area (Å²) in [5.41, 5.74) is 0.602. The number of carbonyl (C=O) groups is 3. The molecule has 0 N–H and O–H groups in total. The molecule has 0 bridgehead atoms. The van der Waals surface area contributed by atoms with Gasteiger partial charge in [0, 0.05) is 66.7 Å². The van der Waals surface area contributed by atoms with Crippen LogP contribution in [0.3, 0.4) is 0 Å². The molecular weight excluding hydrogens is 480 g/mol. The van der Waals surface area contributed by atoms with Gasteiger partial charge in [0.2, 0.25) is 0 Å². The molecule has 0 saturated heterocycles. The number of amides is 3. The van der Waals surface area contributed by atoms with Crippen molar-refractivity contribution >= 4 is 17.7 Å². The fraction of sp³-hybridized carbons (Fsp3) is 0.680. The summed E-state index contributed by atoms with van der Waals surface area (Å²) in [6.07, 6.45) is 1.35. The minimum Gasteiger partial charge on any atom is -0.330 e. The van der Waals surface area contributed by atoms with Gasteiger partial charge < -0.3 is 19.3 Å². The molecule has 1 aromatic heterocycles. The Labute approximate surface area is 216 Å². The van der Waals surface area contributed by atoms with Crippen LogP contribution in [0, 0.1) is 9.81 Å². The normalized spacial score (nSPS) is 14.9. The minimum absolute atomic E-state index is 0.0883. The summed E-state index contributed by atoms with van der Waals surface area (Å²) in [4.78, 5) is 77.9. The smallest absolute Gasteiger partial charge is 0.286 e. The Bertz CT molecular complexity index is 1050. The first-order valence-corrected chi connectivity index (χ1v) is 13.0. The van der Waals surface area contributed by atoms with E-state index in [2.05, 4.69) is 20.2 Å². The Morgan fingerprint density at radius 3 is 1.95 bits per heavy atom. The molecule has 0 unspecified atom stereocenters. The third-order valence-electron chi connectivity index (χ3n) is 7.14. The van der Waals surface area contributed by atoms with Crippen LogP contribution in [-0.2, 0) is 22.6 Å². The van der Waals surface area contributed by atoms with Crippen LogP contribution in [0.25, 0.3) is 0 Å². The zero-order chi connectivity index (χ0) is 27.5. The molecule has 1 aromatic rings. The van der Waals surface area contributed by atoms with Crippen LogP contribution < -0.4 is 5.56 Å². The monoisotopic (exact) mass is 518 g/mol. The van der Waals surface area contributed by atoms with Gasteiger partial charge in [0.25, 0.3) is 23.3 Å². The second kappa shape index (κ2) is 14.6. The molecule has 1 atom stereocenters. The molecule has 2 heterocycles. The van der Waals surface area contributed by atoms with Gasteiger partial charge in [-0.2, -0.15) is 0 Å². The quantitative estimate of drug-likeness (QED) is 0.304. The summed E-state index contributed by atoms with van der Waals surface area (Å²) in [5, 5.41) is 4.91. The molecule has 1 aliphatic heterocycles. The highest BCUT2D eigenvalue weighted by molar-refractivity contribution is 6.00. The number of hydrogen-bond acceptors (Lipinski definition) is 8. The maximum Gasteiger partial charge on any atom is 0.286 e. The Morgan fingerprint density at radius 2 is 1.41 bits per heavy atom. The van der Waals surface area contributed by atoms with E-state index < -0.39 is 17.9 Å². The van der Waals surface area contributed by atoms with Gasteiger partial charge in [-0.05, 0) is 39.0 Å². The Balaban J connectivity index is 2.58.